The van der Waals surface area contributed by atoms with E-state index in [-0.39, 0.29) is 25.1 Å². The molecule has 0 saturated carbocycles. The molecule has 2 atom stereocenters. The summed E-state index contributed by atoms with van der Waals surface area (Å²) >= 11 is 0. The van der Waals surface area contributed by atoms with Gasteiger partial charge in [-0.05, 0) is 31.5 Å². The van der Waals surface area contributed by atoms with E-state index in [0.29, 0.717) is 17.9 Å². The number of hydrogen-bond acceptors (Lipinski definition) is 5. The molecule has 0 aromatic heterocycles. The summed E-state index contributed by atoms with van der Waals surface area (Å²) in [5, 5.41) is 19.0. The minimum Gasteiger partial charge on any atom is -0.491 e. The molecule has 0 spiro atoms. The minimum absolute atomic E-state index is 0.0423. The largest absolute Gasteiger partial charge is 0.491 e. The van der Waals surface area contributed by atoms with Crippen LogP contribution in [0.25, 0.3) is 0 Å². The van der Waals surface area contributed by atoms with E-state index in [4.69, 9.17) is 14.6 Å². The van der Waals surface area contributed by atoms with Gasteiger partial charge in [0.2, 0.25) is 0 Å². The van der Waals surface area contributed by atoms with Crippen molar-refractivity contribution in [1.82, 2.24) is 0 Å². The van der Waals surface area contributed by atoms with Gasteiger partial charge >= 0.3 is 5.97 Å². The first-order chi connectivity index (χ1) is 10.5. The number of benzene rings is 1. The summed E-state index contributed by atoms with van der Waals surface area (Å²) in [5.74, 6) is 0.0406. The lowest BCUT2D eigenvalue weighted by atomic mass is 9.95. The highest BCUT2D eigenvalue weighted by atomic mass is 16.5. The van der Waals surface area contributed by atoms with Crippen molar-refractivity contribution in [2.24, 2.45) is 5.92 Å². The molecule has 0 aliphatic rings. The van der Waals surface area contributed by atoms with Gasteiger partial charge in [0.05, 0.1) is 19.3 Å². The molecular formula is C17H24O5. The summed E-state index contributed by atoms with van der Waals surface area (Å²) in [7, 11) is 0. The number of hydrogen-bond donors (Lipinski definition) is 2. The number of carbonyl (C=O) groups is 1. The van der Waals surface area contributed by atoms with Crippen LogP contribution >= 0.6 is 0 Å². The number of esters is 1. The zero-order chi connectivity index (χ0) is 16.5. The van der Waals surface area contributed by atoms with E-state index in [2.05, 4.69) is 0 Å². The maximum Gasteiger partial charge on any atom is 0.333 e. The van der Waals surface area contributed by atoms with Gasteiger partial charge < -0.3 is 19.7 Å². The first-order valence-electron chi connectivity index (χ1n) is 7.36. The number of carbonyl (C=O) groups excluding carboxylic acids is 1. The number of ether oxygens (including phenoxy) is 2. The fourth-order valence-corrected chi connectivity index (χ4v) is 2.03. The standard InChI is InChI=1S/C17H24O5/c1-4-21-17(20)13(3)11-12(2)16(19)14-5-7-15(8-6-14)22-10-9-18/h5-8,11-12,16,18-19H,4,9-10H2,1-3H3/b13-11+/t12-,16+/m1/s1. The van der Waals surface area contributed by atoms with Gasteiger partial charge in [0.1, 0.15) is 12.4 Å². The van der Waals surface area contributed by atoms with Crippen LogP contribution in [0.2, 0.25) is 0 Å². The third kappa shape index (κ3) is 5.50. The number of aliphatic hydroxyl groups is 2. The van der Waals surface area contributed by atoms with Crippen molar-refractivity contribution in [3.05, 3.63) is 41.5 Å². The van der Waals surface area contributed by atoms with Gasteiger partial charge in [-0.1, -0.05) is 25.1 Å². The Bertz CT molecular complexity index is 492. The summed E-state index contributed by atoms with van der Waals surface area (Å²) in [6, 6.07) is 7.01. The average Bonchev–Trinajstić information content (AvgIpc) is 2.52. The number of rotatable bonds is 8. The summed E-state index contributed by atoms with van der Waals surface area (Å²) in [4.78, 5) is 11.6. The van der Waals surface area contributed by atoms with Crippen LogP contribution in [0.1, 0.15) is 32.4 Å². The van der Waals surface area contributed by atoms with Crippen LogP contribution in [0.15, 0.2) is 35.9 Å². The van der Waals surface area contributed by atoms with E-state index in [9.17, 15) is 9.90 Å². The molecule has 0 aliphatic heterocycles. The van der Waals surface area contributed by atoms with Gasteiger partial charge in [-0.15, -0.1) is 0 Å². The SMILES string of the molecule is CCOC(=O)/C(C)=C/[C@@H](C)[C@H](O)c1ccc(OCCO)cc1. The van der Waals surface area contributed by atoms with E-state index >= 15 is 0 Å². The second kappa shape index (κ2) is 9.23. The molecule has 1 aromatic carbocycles. The summed E-state index contributed by atoms with van der Waals surface area (Å²) < 4.78 is 10.2. The highest BCUT2D eigenvalue weighted by molar-refractivity contribution is 5.87. The molecule has 0 heterocycles. The first kappa shape index (κ1) is 18.2. The van der Waals surface area contributed by atoms with Crippen molar-refractivity contribution in [2.75, 3.05) is 19.8 Å². The maximum absolute atomic E-state index is 11.6. The Morgan fingerprint density at radius 1 is 1.32 bits per heavy atom. The van der Waals surface area contributed by atoms with Crippen LogP contribution in [-0.2, 0) is 9.53 Å². The van der Waals surface area contributed by atoms with E-state index in [0.717, 1.165) is 5.56 Å². The lowest BCUT2D eigenvalue weighted by Gasteiger charge is -2.17. The highest BCUT2D eigenvalue weighted by Crippen LogP contribution is 2.25. The van der Waals surface area contributed by atoms with E-state index in [1.165, 1.54) is 0 Å². The summed E-state index contributed by atoms with van der Waals surface area (Å²) in [6.45, 7) is 5.79. The Labute approximate surface area is 131 Å². The van der Waals surface area contributed by atoms with Crippen LogP contribution in [0.5, 0.6) is 5.75 Å². The predicted octanol–water partition coefficient (Wildman–Crippen LogP) is 2.24. The van der Waals surface area contributed by atoms with Gasteiger partial charge in [0, 0.05) is 11.5 Å². The molecule has 0 fully saturated rings. The molecule has 2 N–H and O–H groups in total. The van der Waals surface area contributed by atoms with Crippen molar-refractivity contribution >= 4 is 5.97 Å². The molecule has 122 valence electrons. The van der Waals surface area contributed by atoms with E-state index < -0.39 is 6.10 Å². The first-order valence-corrected chi connectivity index (χ1v) is 7.36. The third-order valence-electron chi connectivity index (χ3n) is 3.19. The number of aliphatic hydroxyl groups excluding tert-OH is 2. The van der Waals surface area contributed by atoms with Crippen molar-refractivity contribution < 1.29 is 24.5 Å². The molecule has 5 heteroatoms. The fraction of sp³-hybridized carbons (Fsp3) is 0.471. The molecule has 0 aliphatic carbocycles. The van der Waals surface area contributed by atoms with Crippen molar-refractivity contribution in [1.29, 1.82) is 0 Å². The molecular weight excluding hydrogens is 284 g/mol. The Kier molecular flexibility index (Phi) is 7.63. The van der Waals surface area contributed by atoms with Crippen LogP contribution in [0.3, 0.4) is 0 Å². The second-order valence-corrected chi connectivity index (χ2v) is 5.02. The van der Waals surface area contributed by atoms with Gasteiger partial charge in [-0.25, -0.2) is 4.79 Å². The second-order valence-electron chi connectivity index (χ2n) is 5.02. The lowest BCUT2D eigenvalue weighted by molar-refractivity contribution is -0.138. The molecule has 5 nitrogen and oxygen atoms in total. The molecule has 0 saturated heterocycles. The summed E-state index contributed by atoms with van der Waals surface area (Å²) in [5.41, 5.74) is 1.22. The van der Waals surface area contributed by atoms with Gasteiger partial charge in [0.15, 0.2) is 0 Å². The summed E-state index contributed by atoms with van der Waals surface area (Å²) in [6.07, 6.45) is 0.981. The normalized spacial score (nSPS) is 14.3. The zero-order valence-corrected chi connectivity index (χ0v) is 13.3. The van der Waals surface area contributed by atoms with Crippen molar-refractivity contribution in [3.8, 4) is 5.75 Å². The molecule has 1 aromatic rings. The Hall–Kier alpha value is -1.85. The predicted molar refractivity (Wildman–Crippen MR) is 83.5 cm³/mol. The zero-order valence-electron chi connectivity index (χ0n) is 13.3. The molecule has 0 radical (unpaired) electrons. The van der Waals surface area contributed by atoms with Gasteiger partial charge in [-0.2, -0.15) is 0 Å². The van der Waals surface area contributed by atoms with Gasteiger partial charge in [0.25, 0.3) is 0 Å². The Balaban J connectivity index is 2.71. The van der Waals surface area contributed by atoms with Crippen LogP contribution in [0.4, 0.5) is 0 Å². The quantitative estimate of drug-likeness (QED) is 0.569. The fourth-order valence-electron chi connectivity index (χ4n) is 2.03. The van der Waals surface area contributed by atoms with Crippen LogP contribution < -0.4 is 4.74 Å². The van der Waals surface area contributed by atoms with Crippen molar-refractivity contribution in [3.63, 3.8) is 0 Å². The molecule has 1 rings (SSSR count). The third-order valence-corrected chi connectivity index (χ3v) is 3.19. The average molecular weight is 308 g/mol. The van der Waals surface area contributed by atoms with Crippen molar-refractivity contribution in [2.45, 2.75) is 26.9 Å². The molecule has 0 unspecified atom stereocenters. The van der Waals surface area contributed by atoms with Crippen LogP contribution in [0, 0.1) is 5.92 Å². The molecule has 22 heavy (non-hydrogen) atoms. The topological polar surface area (TPSA) is 76.0 Å². The lowest BCUT2D eigenvalue weighted by Crippen LogP contribution is -2.11. The maximum atomic E-state index is 11.6. The minimum atomic E-state index is -0.726. The van der Waals surface area contributed by atoms with E-state index in [1.54, 1.807) is 44.2 Å². The molecule has 0 bridgehead atoms. The monoisotopic (exact) mass is 308 g/mol. The highest BCUT2D eigenvalue weighted by Gasteiger charge is 2.16. The molecule has 0 amide bonds. The van der Waals surface area contributed by atoms with Crippen LogP contribution in [-0.4, -0.2) is 36.0 Å². The smallest absolute Gasteiger partial charge is 0.333 e. The Morgan fingerprint density at radius 3 is 2.50 bits per heavy atom. The Morgan fingerprint density at radius 2 is 1.95 bits per heavy atom. The van der Waals surface area contributed by atoms with E-state index in [1.807, 2.05) is 6.92 Å². The van der Waals surface area contributed by atoms with Gasteiger partial charge in [-0.3, -0.25) is 0 Å².